The van der Waals surface area contributed by atoms with Gasteiger partial charge in [-0.1, -0.05) is 0 Å². The summed E-state index contributed by atoms with van der Waals surface area (Å²) in [6.45, 7) is 0.766. The Morgan fingerprint density at radius 2 is 2.31 bits per heavy atom. The first-order valence-electron chi connectivity index (χ1n) is 4.06. The Balaban J connectivity index is 2.67. The predicted molar refractivity (Wildman–Crippen MR) is 52.5 cm³/mol. The van der Waals surface area contributed by atoms with Crippen LogP contribution in [0.25, 0.3) is 0 Å². The van der Waals surface area contributed by atoms with Crippen LogP contribution in [0.2, 0.25) is 0 Å². The highest BCUT2D eigenvalue weighted by Gasteiger charge is 1.99. The molecule has 0 fully saturated rings. The van der Waals surface area contributed by atoms with E-state index in [9.17, 15) is 4.79 Å². The Bertz CT molecular complexity index is 324. The molecule has 1 N–H and O–H groups in total. The minimum Gasteiger partial charge on any atom is -0.396 e. The van der Waals surface area contributed by atoms with Gasteiger partial charge < -0.3 is 5.11 Å². The van der Waals surface area contributed by atoms with Crippen LogP contribution in [-0.4, -0.2) is 21.3 Å². The van der Waals surface area contributed by atoms with Gasteiger partial charge in [-0.2, -0.15) is 0 Å². The summed E-state index contributed by atoms with van der Waals surface area (Å²) >= 11 is 3.11. The number of aliphatic hydroxyl groups is 1. The van der Waals surface area contributed by atoms with E-state index in [1.165, 1.54) is 17.1 Å². The van der Waals surface area contributed by atoms with Crippen LogP contribution in [0.15, 0.2) is 21.8 Å². The fourth-order valence-corrected chi connectivity index (χ4v) is 1.32. The van der Waals surface area contributed by atoms with E-state index >= 15 is 0 Å². The van der Waals surface area contributed by atoms with E-state index in [4.69, 9.17) is 5.11 Å². The van der Waals surface area contributed by atoms with Gasteiger partial charge in [-0.05, 0) is 28.8 Å². The molecule has 5 heteroatoms. The van der Waals surface area contributed by atoms with Crippen molar-refractivity contribution in [3.05, 3.63) is 27.4 Å². The maximum Gasteiger partial charge on any atom is 0.267 e. The Morgan fingerprint density at radius 3 is 3.00 bits per heavy atom. The van der Waals surface area contributed by atoms with Crippen molar-refractivity contribution in [2.75, 3.05) is 6.61 Å². The van der Waals surface area contributed by atoms with Crippen molar-refractivity contribution in [3.8, 4) is 0 Å². The van der Waals surface area contributed by atoms with Crippen molar-refractivity contribution in [2.45, 2.75) is 19.4 Å². The lowest BCUT2D eigenvalue weighted by atomic mass is 10.3. The molecular formula is C8H11BrN2O2. The summed E-state index contributed by atoms with van der Waals surface area (Å²) in [6, 6.07) is 0. The summed E-state index contributed by atoms with van der Waals surface area (Å²) in [5.41, 5.74) is -0.0760. The molecule has 0 atom stereocenters. The van der Waals surface area contributed by atoms with Gasteiger partial charge in [0.1, 0.15) is 4.47 Å². The highest BCUT2D eigenvalue weighted by Crippen LogP contribution is 1.99. The molecule has 1 aromatic heterocycles. The average molecular weight is 247 g/mol. The number of rotatable bonds is 4. The maximum atomic E-state index is 11.4. The maximum absolute atomic E-state index is 11.4. The van der Waals surface area contributed by atoms with Crippen LogP contribution >= 0.6 is 15.9 Å². The molecule has 0 amide bonds. The molecule has 0 unspecified atom stereocenters. The number of nitrogens with zero attached hydrogens (tertiary/aromatic N) is 2. The van der Waals surface area contributed by atoms with E-state index in [0.717, 1.165) is 6.42 Å². The smallest absolute Gasteiger partial charge is 0.267 e. The lowest BCUT2D eigenvalue weighted by Gasteiger charge is -2.03. The average Bonchev–Trinajstić information content (AvgIpc) is 2.13. The Kier molecular flexibility index (Phi) is 4.11. The fraction of sp³-hybridized carbons (Fsp3) is 0.500. The van der Waals surface area contributed by atoms with E-state index in [1.807, 2.05) is 0 Å². The second-order valence-electron chi connectivity index (χ2n) is 2.67. The SMILES string of the molecule is O=c1c(Br)cncn1CCCCO. The summed E-state index contributed by atoms with van der Waals surface area (Å²) in [6.07, 6.45) is 4.48. The molecule has 4 nitrogen and oxygen atoms in total. The number of halogens is 1. The van der Waals surface area contributed by atoms with Crippen LogP contribution in [0.4, 0.5) is 0 Å². The van der Waals surface area contributed by atoms with Crippen molar-refractivity contribution in [1.82, 2.24) is 9.55 Å². The molecule has 0 saturated carbocycles. The quantitative estimate of drug-likeness (QED) is 0.800. The molecule has 1 aromatic rings. The van der Waals surface area contributed by atoms with Crippen molar-refractivity contribution >= 4 is 15.9 Å². The summed E-state index contributed by atoms with van der Waals surface area (Å²) in [7, 11) is 0. The molecule has 13 heavy (non-hydrogen) atoms. The number of aromatic nitrogens is 2. The zero-order chi connectivity index (χ0) is 9.68. The van der Waals surface area contributed by atoms with E-state index in [0.29, 0.717) is 17.4 Å². The largest absolute Gasteiger partial charge is 0.396 e. The van der Waals surface area contributed by atoms with Crippen LogP contribution in [0, 0.1) is 0 Å². The molecule has 0 spiro atoms. The van der Waals surface area contributed by atoms with Gasteiger partial charge in [0.05, 0.1) is 6.33 Å². The predicted octanol–water partition coefficient (Wildman–Crippen LogP) is 0.778. The van der Waals surface area contributed by atoms with Gasteiger partial charge >= 0.3 is 0 Å². The molecule has 72 valence electrons. The summed E-state index contributed by atoms with van der Waals surface area (Å²) in [5.74, 6) is 0. The van der Waals surface area contributed by atoms with Crippen LogP contribution in [0.1, 0.15) is 12.8 Å². The zero-order valence-corrected chi connectivity index (χ0v) is 8.70. The third kappa shape index (κ3) is 2.93. The third-order valence-electron chi connectivity index (χ3n) is 1.67. The van der Waals surface area contributed by atoms with Crippen molar-refractivity contribution in [3.63, 3.8) is 0 Å². The van der Waals surface area contributed by atoms with Crippen LogP contribution < -0.4 is 5.56 Å². The molecular weight excluding hydrogens is 236 g/mol. The normalized spacial score (nSPS) is 10.3. The lowest BCUT2D eigenvalue weighted by Crippen LogP contribution is -2.20. The number of hydrogen-bond acceptors (Lipinski definition) is 3. The van der Waals surface area contributed by atoms with Gasteiger partial charge in [0.25, 0.3) is 5.56 Å². The third-order valence-corrected chi connectivity index (χ3v) is 2.21. The number of unbranched alkanes of at least 4 members (excludes halogenated alkanes) is 1. The monoisotopic (exact) mass is 246 g/mol. The highest BCUT2D eigenvalue weighted by molar-refractivity contribution is 9.10. The molecule has 0 aliphatic carbocycles. The van der Waals surface area contributed by atoms with Gasteiger partial charge in [0, 0.05) is 19.3 Å². The van der Waals surface area contributed by atoms with Gasteiger partial charge in [0.2, 0.25) is 0 Å². The lowest BCUT2D eigenvalue weighted by molar-refractivity contribution is 0.281. The van der Waals surface area contributed by atoms with E-state index < -0.39 is 0 Å². The van der Waals surface area contributed by atoms with Crippen LogP contribution in [0.3, 0.4) is 0 Å². The first-order chi connectivity index (χ1) is 6.25. The van der Waals surface area contributed by atoms with Gasteiger partial charge in [-0.15, -0.1) is 0 Å². The zero-order valence-electron chi connectivity index (χ0n) is 7.11. The second-order valence-corrected chi connectivity index (χ2v) is 3.53. The summed E-state index contributed by atoms with van der Waals surface area (Å²) < 4.78 is 2.00. The fourth-order valence-electron chi connectivity index (χ4n) is 0.977. The topological polar surface area (TPSA) is 55.1 Å². The Morgan fingerprint density at radius 1 is 1.54 bits per heavy atom. The number of aryl methyl sites for hydroxylation is 1. The van der Waals surface area contributed by atoms with Gasteiger partial charge in [0.15, 0.2) is 0 Å². The van der Waals surface area contributed by atoms with Crippen LogP contribution in [0.5, 0.6) is 0 Å². The second kappa shape index (κ2) is 5.14. The van der Waals surface area contributed by atoms with Gasteiger partial charge in [-0.25, -0.2) is 4.98 Å². The number of hydrogen-bond donors (Lipinski definition) is 1. The van der Waals surface area contributed by atoms with Gasteiger partial charge in [-0.3, -0.25) is 9.36 Å². The molecule has 1 heterocycles. The first kappa shape index (κ1) is 10.4. The molecule has 0 aromatic carbocycles. The van der Waals surface area contributed by atoms with Crippen molar-refractivity contribution in [1.29, 1.82) is 0 Å². The van der Waals surface area contributed by atoms with E-state index in [-0.39, 0.29) is 12.2 Å². The molecule has 0 aliphatic heterocycles. The van der Waals surface area contributed by atoms with Crippen molar-refractivity contribution in [2.24, 2.45) is 0 Å². The Hall–Kier alpha value is -0.680. The number of aliphatic hydroxyl groups excluding tert-OH is 1. The first-order valence-corrected chi connectivity index (χ1v) is 4.86. The molecule has 0 saturated heterocycles. The minimum absolute atomic E-state index is 0.0760. The summed E-state index contributed by atoms with van der Waals surface area (Å²) in [5, 5.41) is 8.56. The van der Waals surface area contributed by atoms with Crippen molar-refractivity contribution < 1.29 is 5.11 Å². The van der Waals surface area contributed by atoms with Crippen LogP contribution in [-0.2, 0) is 6.54 Å². The molecule has 0 bridgehead atoms. The minimum atomic E-state index is -0.0760. The standard InChI is InChI=1S/C8H11BrN2O2/c9-7-5-10-6-11(8(7)13)3-1-2-4-12/h5-6,12H,1-4H2. The molecule has 1 rings (SSSR count). The van der Waals surface area contributed by atoms with E-state index in [1.54, 1.807) is 0 Å². The molecule has 0 aliphatic rings. The highest BCUT2D eigenvalue weighted by atomic mass is 79.9. The Labute approximate surface area is 84.4 Å². The summed E-state index contributed by atoms with van der Waals surface area (Å²) in [4.78, 5) is 15.3. The molecule has 0 radical (unpaired) electrons. The van der Waals surface area contributed by atoms with E-state index in [2.05, 4.69) is 20.9 Å².